The molecular formula is C29H28N2O4. The van der Waals surface area contributed by atoms with Crippen LogP contribution in [-0.2, 0) is 4.74 Å². The number of fused-ring (bicyclic) bond motifs is 1. The van der Waals surface area contributed by atoms with Crippen molar-refractivity contribution in [2.45, 2.75) is 18.8 Å². The number of nitrogens with one attached hydrogen (secondary N) is 1. The number of carbonyl (C=O) groups excluding carboxylic acids is 1. The predicted molar refractivity (Wildman–Crippen MR) is 137 cm³/mol. The van der Waals surface area contributed by atoms with Crippen molar-refractivity contribution in [2.24, 2.45) is 0 Å². The Morgan fingerprint density at radius 1 is 0.971 bits per heavy atom. The van der Waals surface area contributed by atoms with Crippen molar-refractivity contribution in [2.75, 3.05) is 38.3 Å². The van der Waals surface area contributed by atoms with Crippen LogP contribution in [0, 0.1) is 0 Å². The molecule has 1 amide bonds. The normalized spacial score (nSPS) is 15.9. The second-order valence-electron chi connectivity index (χ2n) is 9.11. The second kappa shape index (κ2) is 9.12. The average Bonchev–Trinajstić information content (AvgIpc) is 3.69. The molecule has 1 aliphatic carbocycles. The van der Waals surface area contributed by atoms with Crippen LogP contribution in [0.5, 0.6) is 11.5 Å². The van der Waals surface area contributed by atoms with Crippen molar-refractivity contribution >= 4 is 22.6 Å². The van der Waals surface area contributed by atoms with Gasteiger partial charge < -0.3 is 24.1 Å². The van der Waals surface area contributed by atoms with Gasteiger partial charge in [-0.05, 0) is 66.8 Å². The summed E-state index contributed by atoms with van der Waals surface area (Å²) < 4.78 is 17.9. The van der Waals surface area contributed by atoms with Crippen LogP contribution in [0.4, 0.5) is 5.69 Å². The van der Waals surface area contributed by atoms with Gasteiger partial charge in [0.25, 0.3) is 5.91 Å². The van der Waals surface area contributed by atoms with E-state index in [0.717, 1.165) is 54.3 Å². The zero-order chi connectivity index (χ0) is 23.8. The topological polar surface area (TPSA) is 63.9 Å². The highest BCUT2D eigenvalue weighted by Gasteiger charge is 2.31. The van der Waals surface area contributed by atoms with Crippen molar-refractivity contribution in [3.63, 3.8) is 0 Å². The van der Waals surface area contributed by atoms with Gasteiger partial charge in [-0.1, -0.05) is 18.2 Å². The fourth-order valence-corrected chi connectivity index (χ4v) is 4.80. The molecule has 6 nitrogen and oxygen atoms in total. The Kier molecular flexibility index (Phi) is 5.66. The van der Waals surface area contributed by atoms with Crippen molar-refractivity contribution in [3.05, 3.63) is 77.9 Å². The van der Waals surface area contributed by atoms with Gasteiger partial charge in [-0.2, -0.15) is 0 Å². The van der Waals surface area contributed by atoms with E-state index >= 15 is 0 Å². The number of carbonyl (C=O) groups is 1. The molecule has 1 aliphatic heterocycles. The monoisotopic (exact) mass is 468 g/mol. The van der Waals surface area contributed by atoms with Gasteiger partial charge in [0.15, 0.2) is 0 Å². The Labute approximate surface area is 204 Å². The summed E-state index contributed by atoms with van der Waals surface area (Å²) in [6, 6.07) is 21.6. The van der Waals surface area contributed by atoms with Crippen LogP contribution in [0.15, 0.2) is 71.1 Å². The fraction of sp³-hybridized carbons (Fsp3) is 0.276. The Morgan fingerprint density at radius 3 is 2.37 bits per heavy atom. The summed E-state index contributed by atoms with van der Waals surface area (Å²) in [7, 11) is 1.66. The first kappa shape index (κ1) is 21.7. The number of furan rings is 1. The van der Waals surface area contributed by atoms with Gasteiger partial charge >= 0.3 is 0 Å². The molecule has 0 atom stereocenters. The molecule has 4 aromatic rings. The van der Waals surface area contributed by atoms with Gasteiger partial charge in [-0.25, -0.2) is 0 Å². The fourth-order valence-electron chi connectivity index (χ4n) is 4.80. The number of hydrogen-bond acceptors (Lipinski definition) is 5. The molecule has 1 aromatic heterocycles. The SMILES string of the molecule is CNC(=O)c1c(-c2ccc(Oc3ccccc3)cc2)oc2cc(N3CCOCC3)c(C3CC3)cc12. The van der Waals surface area contributed by atoms with E-state index in [9.17, 15) is 4.79 Å². The lowest BCUT2D eigenvalue weighted by atomic mass is 9.99. The van der Waals surface area contributed by atoms with Crippen LogP contribution in [-0.4, -0.2) is 39.3 Å². The maximum Gasteiger partial charge on any atom is 0.255 e. The van der Waals surface area contributed by atoms with Crippen molar-refractivity contribution < 1.29 is 18.7 Å². The molecule has 1 N–H and O–H groups in total. The third kappa shape index (κ3) is 4.26. The predicted octanol–water partition coefficient (Wildman–Crippen LogP) is 5.97. The molecule has 1 saturated heterocycles. The zero-order valence-corrected chi connectivity index (χ0v) is 19.8. The van der Waals surface area contributed by atoms with Gasteiger partial charge in [0.1, 0.15) is 22.8 Å². The summed E-state index contributed by atoms with van der Waals surface area (Å²) in [4.78, 5) is 15.4. The summed E-state index contributed by atoms with van der Waals surface area (Å²) >= 11 is 0. The maximum absolute atomic E-state index is 13.1. The van der Waals surface area contributed by atoms with Crippen molar-refractivity contribution in [3.8, 4) is 22.8 Å². The van der Waals surface area contributed by atoms with E-state index in [1.54, 1.807) is 7.05 Å². The number of rotatable bonds is 6. The molecule has 1 saturated carbocycles. The number of hydrogen-bond donors (Lipinski definition) is 1. The molecule has 6 rings (SSSR count). The Hall–Kier alpha value is -3.77. The summed E-state index contributed by atoms with van der Waals surface area (Å²) in [5, 5.41) is 3.67. The van der Waals surface area contributed by atoms with E-state index in [-0.39, 0.29) is 5.91 Å². The highest BCUT2D eigenvalue weighted by molar-refractivity contribution is 6.11. The maximum atomic E-state index is 13.1. The molecule has 6 heteroatoms. The van der Waals surface area contributed by atoms with Gasteiger partial charge in [0.05, 0.1) is 18.8 Å². The van der Waals surface area contributed by atoms with Crippen LogP contribution < -0.4 is 15.0 Å². The molecular weight excluding hydrogens is 440 g/mol. The van der Waals surface area contributed by atoms with E-state index in [1.807, 2.05) is 54.6 Å². The summed E-state index contributed by atoms with van der Waals surface area (Å²) in [6.07, 6.45) is 2.37. The molecule has 0 spiro atoms. The van der Waals surface area contributed by atoms with Gasteiger partial charge in [-0.15, -0.1) is 0 Å². The number of morpholine rings is 1. The van der Waals surface area contributed by atoms with Crippen LogP contribution >= 0.6 is 0 Å². The Balaban J connectivity index is 1.42. The lowest BCUT2D eigenvalue weighted by Crippen LogP contribution is -2.36. The third-order valence-electron chi connectivity index (χ3n) is 6.76. The summed E-state index contributed by atoms with van der Waals surface area (Å²) in [5.41, 5.74) is 4.66. The average molecular weight is 469 g/mol. The van der Waals surface area contributed by atoms with E-state index < -0.39 is 0 Å². The van der Waals surface area contributed by atoms with Gasteiger partial charge in [0.2, 0.25) is 0 Å². The summed E-state index contributed by atoms with van der Waals surface area (Å²) in [5.74, 6) is 2.47. The molecule has 0 unspecified atom stereocenters. The number of anilines is 1. The number of ether oxygens (including phenoxy) is 2. The molecule has 2 aliphatic rings. The number of benzene rings is 3. The third-order valence-corrected chi connectivity index (χ3v) is 6.76. The quantitative estimate of drug-likeness (QED) is 0.378. The molecule has 2 fully saturated rings. The number of para-hydroxylation sites is 1. The first-order chi connectivity index (χ1) is 17.2. The molecule has 178 valence electrons. The van der Waals surface area contributed by atoms with Crippen LogP contribution in [0.3, 0.4) is 0 Å². The Bertz CT molecular complexity index is 1350. The molecule has 3 aromatic carbocycles. The van der Waals surface area contributed by atoms with E-state index in [1.165, 1.54) is 24.1 Å². The zero-order valence-electron chi connectivity index (χ0n) is 19.8. The largest absolute Gasteiger partial charge is 0.457 e. The van der Waals surface area contributed by atoms with E-state index in [2.05, 4.69) is 22.3 Å². The lowest BCUT2D eigenvalue weighted by molar-refractivity contribution is 0.0964. The number of amides is 1. The molecule has 35 heavy (non-hydrogen) atoms. The highest BCUT2D eigenvalue weighted by Crippen LogP contribution is 2.47. The Morgan fingerprint density at radius 2 is 1.69 bits per heavy atom. The van der Waals surface area contributed by atoms with Gasteiger partial charge in [-0.3, -0.25) is 4.79 Å². The van der Waals surface area contributed by atoms with Gasteiger partial charge in [0, 0.05) is 42.8 Å². The summed E-state index contributed by atoms with van der Waals surface area (Å²) in [6.45, 7) is 3.19. The standard InChI is InChI=1S/C29H28N2O4/c1-30-29(32)27-24-17-23(19-7-8-19)25(31-13-15-33-16-14-31)18-26(24)35-28(27)20-9-11-22(12-10-20)34-21-5-3-2-4-6-21/h2-6,9-12,17-19H,7-8,13-16H2,1H3,(H,30,32). The van der Waals surface area contributed by atoms with E-state index in [4.69, 9.17) is 13.9 Å². The minimum atomic E-state index is -0.149. The smallest absolute Gasteiger partial charge is 0.255 e. The molecule has 0 bridgehead atoms. The van der Waals surface area contributed by atoms with Crippen LogP contribution in [0.1, 0.15) is 34.7 Å². The van der Waals surface area contributed by atoms with Crippen molar-refractivity contribution in [1.29, 1.82) is 0 Å². The lowest BCUT2D eigenvalue weighted by Gasteiger charge is -2.30. The first-order valence-corrected chi connectivity index (χ1v) is 12.2. The second-order valence-corrected chi connectivity index (χ2v) is 9.11. The van der Waals surface area contributed by atoms with E-state index in [0.29, 0.717) is 17.2 Å². The number of nitrogens with zero attached hydrogens (tertiary/aromatic N) is 1. The highest BCUT2D eigenvalue weighted by atomic mass is 16.5. The van der Waals surface area contributed by atoms with Crippen LogP contribution in [0.25, 0.3) is 22.3 Å². The first-order valence-electron chi connectivity index (χ1n) is 12.2. The minimum absolute atomic E-state index is 0.149. The molecule has 0 radical (unpaired) electrons. The van der Waals surface area contributed by atoms with Crippen LogP contribution in [0.2, 0.25) is 0 Å². The van der Waals surface area contributed by atoms with Crippen molar-refractivity contribution in [1.82, 2.24) is 5.32 Å². The molecule has 2 heterocycles. The minimum Gasteiger partial charge on any atom is -0.457 e.